The molecule has 0 radical (unpaired) electrons. The minimum atomic E-state index is -1.37. The van der Waals surface area contributed by atoms with Gasteiger partial charge in [0.15, 0.2) is 0 Å². The van der Waals surface area contributed by atoms with Gasteiger partial charge in [-0.3, -0.25) is 0 Å². The SMILES string of the molecule is CCCC[Si](CCCC)(CCCC)C1=C(COCCCO)C=CC1. The van der Waals surface area contributed by atoms with Gasteiger partial charge >= 0.3 is 0 Å². The normalized spacial score (nSPS) is 14.8. The smallest absolute Gasteiger partial charge is 0.0824 e. The zero-order chi connectivity index (χ0) is 17.7. The van der Waals surface area contributed by atoms with Crippen LogP contribution in [0.5, 0.6) is 0 Å². The fraction of sp³-hybridized carbons (Fsp3) is 0.810. The van der Waals surface area contributed by atoms with E-state index in [0.29, 0.717) is 6.61 Å². The van der Waals surface area contributed by atoms with Crippen molar-refractivity contribution in [1.82, 2.24) is 0 Å². The topological polar surface area (TPSA) is 29.5 Å². The maximum Gasteiger partial charge on any atom is 0.0824 e. The lowest BCUT2D eigenvalue weighted by Crippen LogP contribution is -2.37. The van der Waals surface area contributed by atoms with Crippen LogP contribution >= 0.6 is 0 Å². The first-order valence-corrected chi connectivity index (χ1v) is 12.9. The summed E-state index contributed by atoms with van der Waals surface area (Å²) in [7, 11) is -1.37. The average Bonchev–Trinajstić information content (AvgIpc) is 3.07. The van der Waals surface area contributed by atoms with Crippen LogP contribution in [0, 0.1) is 0 Å². The van der Waals surface area contributed by atoms with Crippen LogP contribution in [0.3, 0.4) is 0 Å². The fourth-order valence-corrected chi connectivity index (χ4v) is 10.1. The summed E-state index contributed by atoms with van der Waals surface area (Å²) < 4.78 is 5.85. The van der Waals surface area contributed by atoms with Crippen molar-refractivity contribution in [2.75, 3.05) is 19.8 Å². The minimum Gasteiger partial charge on any atom is -0.396 e. The molecule has 1 N–H and O–H groups in total. The van der Waals surface area contributed by atoms with Gasteiger partial charge in [-0.25, -0.2) is 0 Å². The second kappa shape index (κ2) is 12.9. The Morgan fingerprint density at radius 2 is 1.54 bits per heavy atom. The zero-order valence-corrected chi connectivity index (χ0v) is 17.4. The standard InChI is InChI=1S/C21H40O2Si/c1-4-7-16-24(17-8-5-2,18-9-6-3)21-13-10-12-20(21)19-23-15-11-14-22/h10,12,22H,4-9,11,13-19H2,1-3H3. The molecule has 0 saturated heterocycles. The number of aliphatic hydroxyl groups excluding tert-OH is 1. The van der Waals surface area contributed by atoms with Gasteiger partial charge in [-0.1, -0.05) is 94.8 Å². The molecule has 140 valence electrons. The number of rotatable bonds is 15. The predicted molar refractivity (Wildman–Crippen MR) is 108 cm³/mol. The molecule has 3 heteroatoms. The molecule has 1 rings (SSSR count). The van der Waals surface area contributed by atoms with Crippen LogP contribution in [0.1, 0.15) is 72.1 Å². The molecular formula is C21H40O2Si. The van der Waals surface area contributed by atoms with Crippen molar-refractivity contribution in [3.63, 3.8) is 0 Å². The Bertz CT molecular complexity index is 366. The Morgan fingerprint density at radius 1 is 0.958 bits per heavy atom. The summed E-state index contributed by atoms with van der Waals surface area (Å²) in [5.41, 5.74) is 1.49. The highest BCUT2D eigenvalue weighted by Crippen LogP contribution is 2.40. The molecule has 1 aliphatic rings. The summed E-state index contributed by atoms with van der Waals surface area (Å²) >= 11 is 0. The first-order valence-electron chi connectivity index (χ1n) is 10.3. The first kappa shape index (κ1) is 21.7. The molecule has 0 amide bonds. The molecule has 0 fully saturated rings. The van der Waals surface area contributed by atoms with E-state index in [-0.39, 0.29) is 6.61 Å². The highest BCUT2D eigenvalue weighted by atomic mass is 28.3. The van der Waals surface area contributed by atoms with Gasteiger partial charge in [-0.2, -0.15) is 0 Å². The largest absolute Gasteiger partial charge is 0.396 e. The summed E-state index contributed by atoms with van der Waals surface area (Å²) in [5.74, 6) is 0. The van der Waals surface area contributed by atoms with E-state index in [9.17, 15) is 0 Å². The molecule has 0 aliphatic heterocycles. The minimum absolute atomic E-state index is 0.226. The Hall–Kier alpha value is -0.383. The van der Waals surface area contributed by atoms with Gasteiger partial charge in [-0.15, -0.1) is 0 Å². The molecule has 0 aromatic heterocycles. The summed E-state index contributed by atoms with van der Waals surface area (Å²) in [4.78, 5) is 0. The molecule has 2 nitrogen and oxygen atoms in total. The molecule has 0 heterocycles. The Balaban J connectivity index is 2.94. The second-order valence-corrected chi connectivity index (χ2v) is 12.0. The summed E-state index contributed by atoms with van der Waals surface area (Å²) in [6.07, 6.45) is 14.7. The van der Waals surface area contributed by atoms with Gasteiger partial charge in [0.1, 0.15) is 0 Å². The van der Waals surface area contributed by atoms with E-state index < -0.39 is 8.07 Å². The molecule has 0 saturated carbocycles. The van der Waals surface area contributed by atoms with Crippen LogP contribution in [-0.2, 0) is 4.74 Å². The molecule has 0 bridgehead atoms. The second-order valence-electron chi connectivity index (χ2n) is 7.33. The summed E-state index contributed by atoms with van der Waals surface area (Å²) in [5, 5.41) is 10.7. The third kappa shape index (κ3) is 6.85. The monoisotopic (exact) mass is 352 g/mol. The van der Waals surface area contributed by atoms with Gasteiger partial charge < -0.3 is 9.84 Å². The van der Waals surface area contributed by atoms with Crippen molar-refractivity contribution in [3.8, 4) is 0 Å². The fourth-order valence-electron chi connectivity index (χ4n) is 3.96. The van der Waals surface area contributed by atoms with Crippen LogP contribution in [-0.4, -0.2) is 33.0 Å². The van der Waals surface area contributed by atoms with Crippen molar-refractivity contribution in [2.24, 2.45) is 0 Å². The van der Waals surface area contributed by atoms with Crippen molar-refractivity contribution >= 4 is 8.07 Å². The third-order valence-electron chi connectivity index (χ3n) is 5.40. The van der Waals surface area contributed by atoms with Crippen LogP contribution in [0.4, 0.5) is 0 Å². The van der Waals surface area contributed by atoms with E-state index in [4.69, 9.17) is 9.84 Å². The third-order valence-corrected chi connectivity index (χ3v) is 11.1. The van der Waals surface area contributed by atoms with E-state index >= 15 is 0 Å². The molecule has 0 spiro atoms. The van der Waals surface area contributed by atoms with Crippen LogP contribution < -0.4 is 0 Å². The lowest BCUT2D eigenvalue weighted by Gasteiger charge is -2.35. The zero-order valence-electron chi connectivity index (χ0n) is 16.4. The number of ether oxygens (including phenoxy) is 1. The van der Waals surface area contributed by atoms with Gasteiger partial charge in [0.2, 0.25) is 0 Å². The van der Waals surface area contributed by atoms with E-state index in [1.54, 1.807) is 0 Å². The van der Waals surface area contributed by atoms with Gasteiger partial charge in [0, 0.05) is 13.2 Å². The molecule has 0 unspecified atom stereocenters. The van der Waals surface area contributed by atoms with E-state index in [0.717, 1.165) is 13.0 Å². The number of allylic oxidation sites excluding steroid dienone is 2. The van der Waals surface area contributed by atoms with E-state index in [1.165, 1.54) is 68.7 Å². The van der Waals surface area contributed by atoms with Gasteiger partial charge in [0.05, 0.1) is 14.7 Å². The van der Waals surface area contributed by atoms with Crippen LogP contribution in [0.2, 0.25) is 18.1 Å². The quantitative estimate of drug-likeness (QED) is 0.288. The average molecular weight is 353 g/mol. The maximum atomic E-state index is 8.93. The van der Waals surface area contributed by atoms with Gasteiger partial charge in [-0.05, 0) is 18.4 Å². The van der Waals surface area contributed by atoms with Crippen LogP contribution in [0.15, 0.2) is 22.9 Å². The first-order chi connectivity index (χ1) is 11.7. The van der Waals surface area contributed by atoms with Crippen LogP contribution in [0.25, 0.3) is 0 Å². The van der Waals surface area contributed by atoms with Crippen molar-refractivity contribution in [2.45, 2.75) is 90.3 Å². The Labute approximate surface area is 151 Å². The molecular weight excluding hydrogens is 312 g/mol. The van der Waals surface area contributed by atoms with Gasteiger partial charge in [0.25, 0.3) is 0 Å². The number of unbranched alkanes of at least 4 members (excludes halogenated alkanes) is 3. The molecule has 0 aromatic rings. The van der Waals surface area contributed by atoms with Crippen molar-refractivity contribution in [1.29, 1.82) is 0 Å². The number of aliphatic hydroxyl groups is 1. The molecule has 0 atom stereocenters. The van der Waals surface area contributed by atoms with Crippen molar-refractivity contribution in [3.05, 3.63) is 22.9 Å². The Kier molecular flexibility index (Phi) is 11.6. The van der Waals surface area contributed by atoms with E-state index in [2.05, 4.69) is 32.9 Å². The molecule has 1 aliphatic carbocycles. The predicted octanol–water partition coefficient (Wildman–Crippen LogP) is 6.03. The maximum absolute atomic E-state index is 8.93. The van der Waals surface area contributed by atoms with E-state index in [1.807, 2.05) is 5.20 Å². The number of hydrogen-bond donors (Lipinski definition) is 1. The highest BCUT2D eigenvalue weighted by Gasteiger charge is 2.36. The lowest BCUT2D eigenvalue weighted by molar-refractivity contribution is 0.135. The molecule has 24 heavy (non-hydrogen) atoms. The number of hydrogen-bond acceptors (Lipinski definition) is 2. The highest BCUT2D eigenvalue weighted by molar-refractivity contribution is 6.86. The lowest BCUT2D eigenvalue weighted by atomic mass is 10.3. The van der Waals surface area contributed by atoms with Crippen molar-refractivity contribution < 1.29 is 9.84 Å². The Morgan fingerprint density at radius 3 is 2.04 bits per heavy atom. The molecule has 0 aromatic carbocycles. The summed E-state index contributed by atoms with van der Waals surface area (Å²) in [6.45, 7) is 8.65. The summed E-state index contributed by atoms with van der Waals surface area (Å²) in [6, 6.07) is 4.42.